The van der Waals surface area contributed by atoms with Gasteiger partial charge in [0.05, 0.1) is 10.5 Å². The number of hydrogen-bond acceptors (Lipinski definition) is 4. The molecule has 0 spiro atoms. The summed E-state index contributed by atoms with van der Waals surface area (Å²) in [5.74, 6) is -0.546. The second kappa shape index (κ2) is 8.60. The fourth-order valence-corrected chi connectivity index (χ4v) is 4.68. The van der Waals surface area contributed by atoms with Crippen molar-refractivity contribution < 1.29 is 26.4 Å². The molecule has 1 aromatic heterocycles. The van der Waals surface area contributed by atoms with Crippen molar-refractivity contribution in [3.63, 3.8) is 0 Å². The fourth-order valence-electron chi connectivity index (χ4n) is 3.19. The van der Waals surface area contributed by atoms with Crippen LogP contribution in [0.5, 0.6) is 0 Å². The van der Waals surface area contributed by atoms with E-state index < -0.39 is 39.8 Å². The van der Waals surface area contributed by atoms with E-state index in [0.717, 1.165) is 6.07 Å². The van der Waals surface area contributed by atoms with E-state index in [0.29, 0.717) is 23.3 Å². The van der Waals surface area contributed by atoms with Crippen molar-refractivity contribution in [2.75, 3.05) is 26.2 Å². The van der Waals surface area contributed by atoms with Gasteiger partial charge in [-0.3, -0.25) is 9.59 Å². The third kappa shape index (κ3) is 4.90. The summed E-state index contributed by atoms with van der Waals surface area (Å²) in [6.45, 7) is 0.0468. The third-order valence-electron chi connectivity index (χ3n) is 4.80. The number of carbonyl (C=O) groups excluding carboxylic acids is 1. The first kappa shape index (κ1) is 22.0. The van der Waals surface area contributed by atoms with Gasteiger partial charge in [0.2, 0.25) is 15.9 Å². The summed E-state index contributed by atoms with van der Waals surface area (Å²) in [5, 5.41) is 0. The van der Waals surface area contributed by atoms with Crippen LogP contribution in [0.3, 0.4) is 0 Å². The molecule has 1 aliphatic heterocycles. The Hall–Kier alpha value is -2.66. The maximum Gasteiger partial charge on any atom is 0.417 e. The smallest absolute Gasteiger partial charge is 0.340 e. The van der Waals surface area contributed by atoms with Crippen LogP contribution in [0.25, 0.3) is 0 Å². The van der Waals surface area contributed by atoms with Crippen LogP contribution in [-0.4, -0.2) is 54.3 Å². The predicted molar refractivity (Wildman–Crippen MR) is 102 cm³/mol. The van der Waals surface area contributed by atoms with E-state index in [4.69, 9.17) is 0 Å². The number of halogens is 3. The van der Waals surface area contributed by atoms with Crippen LogP contribution in [0.4, 0.5) is 13.2 Å². The van der Waals surface area contributed by atoms with Gasteiger partial charge >= 0.3 is 6.18 Å². The molecule has 0 N–H and O–H groups in total. The summed E-state index contributed by atoms with van der Waals surface area (Å²) in [4.78, 5) is 26.0. The molecular weight excluding hydrogens is 423 g/mol. The molecule has 11 heteroatoms. The molecule has 0 atom stereocenters. The quantitative estimate of drug-likeness (QED) is 0.722. The van der Waals surface area contributed by atoms with Gasteiger partial charge in [0.15, 0.2) is 0 Å². The Balaban J connectivity index is 1.70. The van der Waals surface area contributed by atoms with Gasteiger partial charge in [0.1, 0.15) is 6.54 Å². The molecule has 1 aliphatic rings. The number of alkyl halides is 3. The average Bonchev–Trinajstić information content (AvgIpc) is 2.96. The number of nitrogens with zero attached hydrogens (tertiary/aromatic N) is 3. The zero-order chi connectivity index (χ0) is 21.9. The highest BCUT2D eigenvalue weighted by atomic mass is 32.2. The highest BCUT2D eigenvalue weighted by Crippen LogP contribution is 2.28. The van der Waals surface area contributed by atoms with Crippen LogP contribution < -0.4 is 5.56 Å². The molecule has 1 amide bonds. The highest BCUT2D eigenvalue weighted by Gasteiger charge is 2.32. The van der Waals surface area contributed by atoms with Crippen molar-refractivity contribution in [1.82, 2.24) is 13.8 Å². The van der Waals surface area contributed by atoms with Gasteiger partial charge < -0.3 is 9.47 Å². The van der Waals surface area contributed by atoms with Gasteiger partial charge in [-0.1, -0.05) is 18.2 Å². The van der Waals surface area contributed by atoms with Crippen LogP contribution in [0.1, 0.15) is 12.0 Å². The minimum atomic E-state index is -4.63. The van der Waals surface area contributed by atoms with Crippen LogP contribution in [0, 0.1) is 0 Å². The lowest BCUT2D eigenvalue weighted by molar-refractivity contribution is -0.138. The van der Waals surface area contributed by atoms with Gasteiger partial charge in [0, 0.05) is 38.4 Å². The topological polar surface area (TPSA) is 79.7 Å². The average molecular weight is 443 g/mol. The molecular formula is C19H20F3N3O4S. The fraction of sp³-hybridized carbons (Fsp3) is 0.368. The van der Waals surface area contributed by atoms with E-state index >= 15 is 0 Å². The molecule has 1 saturated heterocycles. The highest BCUT2D eigenvalue weighted by molar-refractivity contribution is 7.89. The van der Waals surface area contributed by atoms with Gasteiger partial charge in [-0.25, -0.2) is 8.42 Å². The molecule has 1 aromatic carbocycles. The largest absolute Gasteiger partial charge is 0.417 e. The first-order valence-corrected chi connectivity index (χ1v) is 10.6. The van der Waals surface area contributed by atoms with E-state index in [9.17, 15) is 31.2 Å². The Bertz CT molecular complexity index is 1070. The molecule has 30 heavy (non-hydrogen) atoms. The number of hydrogen-bond donors (Lipinski definition) is 0. The number of sulfonamides is 1. The zero-order valence-electron chi connectivity index (χ0n) is 15.9. The molecule has 7 nitrogen and oxygen atoms in total. The van der Waals surface area contributed by atoms with Crippen LogP contribution in [-0.2, 0) is 27.5 Å². The van der Waals surface area contributed by atoms with Crippen LogP contribution in [0.15, 0.2) is 58.4 Å². The van der Waals surface area contributed by atoms with E-state index in [-0.39, 0.29) is 31.1 Å². The standard InChI is InChI=1S/C19H20F3N3O4S/c20-19(21,22)15-7-8-17(26)24(13-15)14-18(27)23-9-4-10-25(12-11-23)30(28,29)16-5-2-1-3-6-16/h1-3,5-8,13H,4,9-12,14H2. The number of benzene rings is 1. The summed E-state index contributed by atoms with van der Waals surface area (Å²) < 4.78 is 66.1. The predicted octanol–water partition coefficient (Wildman–Crippen LogP) is 1.79. The van der Waals surface area contributed by atoms with E-state index in [1.807, 2.05) is 0 Å². The molecule has 0 saturated carbocycles. The first-order valence-electron chi connectivity index (χ1n) is 9.20. The van der Waals surface area contributed by atoms with Crippen molar-refractivity contribution in [1.29, 1.82) is 0 Å². The Kier molecular flexibility index (Phi) is 6.32. The van der Waals surface area contributed by atoms with Gasteiger partial charge in [0.25, 0.3) is 5.56 Å². The Morgan fingerprint density at radius 2 is 1.67 bits per heavy atom. The van der Waals surface area contributed by atoms with Crippen molar-refractivity contribution >= 4 is 15.9 Å². The zero-order valence-corrected chi connectivity index (χ0v) is 16.7. The summed E-state index contributed by atoms with van der Waals surface area (Å²) in [6.07, 6.45) is -3.65. The third-order valence-corrected chi connectivity index (χ3v) is 6.72. The summed E-state index contributed by atoms with van der Waals surface area (Å²) in [6, 6.07) is 9.36. The number of rotatable bonds is 4. The lowest BCUT2D eigenvalue weighted by Gasteiger charge is -2.22. The second-order valence-electron chi connectivity index (χ2n) is 6.83. The number of amides is 1. The monoisotopic (exact) mass is 443 g/mol. The number of carbonyl (C=O) groups is 1. The second-order valence-corrected chi connectivity index (χ2v) is 8.77. The van der Waals surface area contributed by atoms with E-state index in [1.54, 1.807) is 18.2 Å². The molecule has 0 unspecified atom stereocenters. The lowest BCUT2D eigenvalue weighted by atomic mass is 10.2. The molecule has 1 fully saturated rings. The van der Waals surface area contributed by atoms with Crippen molar-refractivity contribution in [2.45, 2.75) is 24.0 Å². The van der Waals surface area contributed by atoms with Crippen LogP contribution in [0.2, 0.25) is 0 Å². The van der Waals surface area contributed by atoms with Gasteiger partial charge in [-0.05, 0) is 24.6 Å². The molecule has 0 radical (unpaired) electrons. The lowest BCUT2D eigenvalue weighted by Crippen LogP contribution is -2.40. The van der Waals surface area contributed by atoms with Gasteiger partial charge in [-0.2, -0.15) is 17.5 Å². The minimum Gasteiger partial charge on any atom is -0.340 e. The summed E-state index contributed by atoms with van der Waals surface area (Å²) in [7, 11) is -3.71. The van der Waals surface area contributed by atoms with Gasteiger partial charge in [-0.15, -0.1) is 0 Å². The van der Waals surface area contributed by atoms with Crippen LogP contribution >= 0.6 is 0 Å². The molecule has 0 aliphatic carbocycles. The van der Waals surface area contributed by atoms with Crippen molar-refractivity contribution in [3.8, 4) is 0 Å². The molecule has 2 heterocycles. The van der Waals surface area contributed by atoms with E-state index in [1.165, 1.54) is 21.3 Å². The van der Waals surface area contributed by atoms with Crippen molar-refractivity contribution in [3.05, 3.63) is 64.6 Å². The maximum atomic E-state index is 12.9. The minimum absolute atomic E-state index is 0.0560. The first-order chi connectivity index (χ1) is 14.1. The molecule has 0 bridgehead atoms. The Labute approximate surface area is 171 Å². The Morgan fingerprint density at radius 3 is 2.33 bits per heavy atom. The normalized spacial score (nSPS) is 16.3. The molecule has 162 valence electrons. The number of aromatic nitrogens is 1. The summed E-state index contributed by atoms with van der Waals surface area (Å²) >= 11 is 0. The van der Waals surface area contributed by atoms with Crippen molar-refractivity contribution in [2.24, 2.45) is 0 Å². The molecule has 3 rings (SSSR count). The van der Waals surface area contributed by atoms with E-state index in [2.05, 4.69) is 0 Å². The summed E-state index contributed by atoms with van der Waals surface area (Å²) in [5.41, 5.74) is -1.75. The Morgan fingerprint density at radius 1 is 0.967 bits per heavy atom. The maximum absolute atomic E-state index is 12.9. The number of pyridine rings is 1. The molecule has 2 aromatic rings. The SMILES string of the molecule is O=C(Cn1cc(C(F)(F)F)ccc1=O)N1CCCN(S(=O)(=O)c2ccccc2)CC1.